The molecule has 0 amide bonds. The second-order valence-electron chi connectivity index (χ2n) is 8.61. The number of halogens is 1. The molecule has 0 saturated carbocycles. The standard InChI is InChI=1S/C27H35FO4/c1-5-6-15-23(29)25-17(2)18(3)27(32)26(19(25)4)21(13-8-7-9-16-24(30)31)20-12-10-11-14-22(20)28/h10-12,14,21,32H,5-9,13,15-16H2,1-4H3,(H,30,31). The molecule has 0 saturated heterocycles. The summed E-state index contributed by atoms with van der Waals surface area (Å²) in [5, 5.41) is 20.0. The molecular formula is C27H35FO4. The lowest BCUT2D eigenvalue weighted by Gasteiger charge is -2.26. The largest absolute Gasteiger partial charge is 0.507 e. The molecule has 0 radical (unpaired) electrons. The summed E-state index contributed by atoms with van der Waals surface area (Å²) in [4.78, 5) is 23.8. The van der Waals surface area contributed by atoms with Gasteiger partial charge < -0.3 is 10.2 Å². The van der Waals surface area contributed by atoms with Gasteiger partial charge in [0.15, 0.2) is 5.78 Å². The molecule has 32 heavy (non-hydrogen) atoms. The highest BCUT2D eigenvalue weighted by Crippen LogP contribution is 2.43. The minimum Gasteiger partial charge on any atom is -0.507 e. The lowest BCUT2D eigenvalue weighted by atomic mass is 9.79. The van der Waals surface area contributed by atoms with E-state index in [4.69, 9.17) is 5.11 Å². The molecule has 0 aliphatic rings. The number of hydrogen-bond donors (Lipinski definition) is 2. The molecule has 0 aliphatic carbocycles. The van der Waals surface area contributed by atoms with Gasteiger partial charge in [-0.15, -0.1) is 0 Å². The van der Waals surface area contributed by atoms with E-state index in [9.17, 15) is 19.1 Å². The maximum atomic E-state index is 14.8. The summed E-state index contributed by atoms with van der Waals surface area (Å²) < 4.78 is 14.8. The minimum absolute atomic E-state index is 0.0555. The summed E-state index contributed by atoms with van der Waals surface area (Å²) >= 11 is 0. The lowest BCUT2D eigenvalue weighted by Crippen LogP contribution is -2.13. The number of carbonyl (C=O) groups is 2. The van der Waals surface area contributed by atoms with E-state index >= 15 is 0 Å². The van der Waals surface area contributed by atoms with Crippen LogP contribution in [-0.4, -0.2) is 22.0 Å². The van der Waals surface area contributed by atoms with E-state index in [1.807, 2.05) is 20.8 Å². The first-order chi connectivity index (χ1) is 15.2. The number of hydrogen-bond acceptors (Lipinski definition) is 3. The van der Waals surface area contributed by atoms with Gasteiger partial charge in [0.2, 0.25) is 0 Å². The van der Waals surface area contributed by atoms with Gasteiger partial charge in [-0.1, -0.05) is 44.4 Å². The number of Topliss-reactive ketones (excluding diaryl/α,β-unsaturated/α-hetero) is 1. The number of aliphatic carboxylic acids is 1. The number of carboxylic acids is 1. The molecule has 0 aliphatic heterocycles. The zero-order chi connectivity index (χ0) is 23.8. The molecule has 2 aromatic carbocycles. The number of phenolic OH excluding ortho intramolecular Hbond substituents is 1. The van der Waals surface area contributed by atoms with Crippen LogP contribution in [0.4, 0.5) is 4.39 Å². The van der Waals surface area contributed by atoms with E-state index in [0.29, 0.717) is 59.9 Å². The number of carboxylic acid groups (broad SMARTS) is 1. The van der Waals surface area contributed by atoms with Crippen molar-refractivity contribution in [1.82, 2.24) is 0 Å². The fourth-order valence-electron chi connectivity index (χ4n) is 4.48. The number of unbranched alkanes of at least 4 members (excludes halogenated alkanes) is 3. The highest BCUT2D eigenvalue weighted by atomic mass is 19.1. The highest BCUT2D eigenvalue weighted by molar-refractivity contribution is 6.00. The first-order valence-corrected chi connectivity index (χ1v) is 11.5. The van der Waals surface area contributed by atoms with Crippen LogP contribution < -0.4 is 0 Å². The summed E-state index contributed by atoms with van der Waals surface area (Å²) in [5.41, 5.74) is 3.87. The summed E-state index contributed by atoms with van der Waals surface area (Å²) in [6.45, 7) is 7.54. The summed E-state index contributed by atoms with van der Waals surface area (Å²) in [6, 6.07) is 6.55. The molecule has 174 valence electrons. The number of ketones is 1. The minimum atomic E-state index is -0.825. The molecule has 0 heterocycles. The Kier molecular flexibility index (Phi) is 9.42. The van der Waals surface area contributed by atoms with Gasteiger partial charge in [-0.3, -0.25) is 9.59 Å². The summed E-state index contributed by atoms with van der Waals surface area (Å²) in [7, 11) is 0. The van der Waals surface area contributed by atoms with Crippen molar-refractivity contribution in [3.8, 4) is 5.75 Å². The smallest absolute Gasteiger partial charge is 0.303 e. The van der Waals surface area contributed by atoms with Gasteiger partial charge in [0.25, 0.3) is 0 Å². The number of phenols is 1. The topological polar surface area (TPSA) is 74.6 Å². The Bertz CT molecular complexity index is 965. The molecule has 2 N–H and O–H groups in total. The Morgan fingerprint density at radius 2 is 1.62 bits per heavy atom. The highest BCUT2D eigenvalue weighted by Gasteiger charge is 2.28. The first kappa shape index (κ1) is 25.6. The second-order valence-corrected chi connectivity index (χ2v) is 8.61. The van der Waals surface area contributed by atoms with Crippen molar-refractivity contribution < 1.29 is 24.2 Å². The molecule has 0 bridgehead atoms. The van der Waals surface area contributed by atoms with E-state index in [1.165, 1.54) is 6.07 Å². The van der Waals surface area contributed by atoms with Crippen molar-refractivity contribution in [2.75, 3.05) is 0 Å². The predicted octanol–water partition coefficient (Wildman–Crippen LogP) is 7.00. The monoisotopic (exact) mass is 442 g/mol. The Morgan fingerprint density at radius 3 is 2.25 bits per heavy atom. The van der Waals surface area contributed by atoms with Gasteiger partial charge in [0, 0.05) is 29.9 Å². The van der Waals surface area contributed by atoms with Crippen LogP contribution in [-0.2, 0) is 4.79 Å². The fraction of sp³-hybridized carbons (Fsp3) is 0.481. The fourth-order valence-corrected chi connectivity index (χ4v) is 4.48. The number of benzene rings is 2. The van der Waals surface area contributed by atoms with Gasteiger partial charge in [0.05, 0.1) is 0 Å². The first-order valence-electron chi connectivity index (χ1n) is 11.5. The molecule has 4 nitrogen and oxygen atoms in total. The summed E-state index contributed by atoms with van der Waals surface area (Å²) in [6.07, 6.45) is 4.77. The number of carbonyl (C=O) groups excluding carboxylic acids is 1. The van der Waals surface area contributed by atoms with Crippen LogP contribution in [0.15, 0.2) is 24.3 Å². The van der Waals surface area contributed by atoms with Crippen LogP contribution in [0.25, 0.3) is 0 Å². The van der Waals surface area contributed by atoms with Crippen molar-refractivity contribution >= 4 is 11.8 Å². The molecule has 0 aromatic heterocycles. The van der Waals surface area contributed by atoms with Crippen LogP contribution in [0.1, 0.15) is 102 Å². The van der Waals surface area contributed by atoms with Gasteiger partial charge in [-0.25, -0.2) is 4.39 Å². The van der Waals surface area contributed by atoms with Gasteiger partial charge in [-0.05, 0) is 68.4 Å². The average molecular weight is 443 g/mol. The zero-order valence-corrected chi connectivity index (χ0v) is 19.6. The molecule has 2 rings (SSSR count). The van der Waals surface area contributed by atoms with Crippen molar-refractivity contribution in [3.05, 3.63) is 63.5 Å². The SMILES string of the molecule is CCCCC(=O)c1c(C)c(C)c(O)c(C(CCCCCC(=O)O)c2ccccc2F)c1C. The molecule has 0 spiro atoms. The maximum Gasteiger partial charge on any atom is 0.303 e. The molecule has 5 heteroatoms. The lowest BCUT2D eigenvalue weighted by molar-refractivity contribution is -0.137. The second kappa shape index (κ2) is 11.8. The predicted molar refractivity (Wildman–Crippen MR) is 125 cm³/mol. The molecule has 1 unspecified atom stereocenters. The van der Waals surface area contributed by atoms with E-state index in [0.717, 1.165) is 18.4 Å². The van der Waals surface area contributed by atoms with E-state index in [2.05, 4.69) is 0 Å². The third-order valence-electron chi connectivity index (χ3n) is 6.38. The number of rotatable bonds is 12. The Balaban J connectivity index is 2.54. The van der Waals surface area contributed by atoms with Crippen molar-refractivity contribution in [3.63, 3.8) is 0 Å². The van der Waals surface area contributed by atoms with Crippen LogP contribution in [0.2, 0.25) is 0 Å². The van der Waals surface area contributed by atoms with Gasteiger partial charge in [0.1, 0.15) is 11.6 Å². The third kappa shape index (κ3) is 5.96. The van der Waals surface area contributed by atoms with Gasteiger partial charge in [-0.2, -0.15) is 0 Å². The molecular weight excluding hydrogens is 407 g/mol. The van der Waals surface area contributed by atoms with Crippen LogP contribution in [0, 0.1) is 26.6 Å². The molecule has 2 aromatic rings. The maximum absolute atomic E-state index is 14.8. The van der Waals surface area contributed by atoms with Crippen molar-refractivity contribution in [2.24, 2.45) is 0 Å². The Labute approximate surface area is 190 Å². The van der Waals surface area contributed by atoms with Crippen LogP contribution in [0.3, 0.4) is 0 Å². The third-order valence-corrected chi connectivity index (χ3v) is 6.38. The van der Waals surface area contributed by atoms with E-state index in [1.54, 1.807) is 25.1 Å². The zero-order valence-electron chi connectivity index (χ0n) is 19.6. The van der Waals surface area contributed by atoms with Crippen LogP contribution in [0.5, 0.6) is 5.75 Å². The normalized spacial score (nSPS) is 12.0. The molecule has 0 fully saturated rings. The molecule has 1 atom stereocenters. The van der Waals surface area contributed by atoms with E-state index < -0.39 is 11.9 Å². The Hall–Kier alpha value is -2.69. The van der Waals surface area contributed by atoms with Gasteiger partial charge >= 0.3 is 5.97 Å². The average Bonchev–Trinajstić information content (AvgIpc) is 2.75. The van der Waals surface area contributed by atoms with E-state index in [-0.39, 0.29) is 23.8 Å². The number of aromatic hydroxyl groups is 1. The quantitative estimate of drug-likeness (QED) is 0.274. The van der Waals surface area contributed by atoms with Crippen molar-refractivity contribution in [1.29, 1.82) is 0 Å². The Morgan fingerprint density at radius 1 is 0.938 bits per heavy atom. The summed E-state index contributed by atoms with van der Waals surface area (Å²) in [5.74, 6) is -1.42. The van der Waals surface area contributed by atoms with Crippen molar-refractivity contribution in [2.45, 2.75) is 85.0 Å². The van der Waals surface area contributed by atoms with Crippen LogP contribution >= 0.6 is 0 Å².